The lowest BCUT2D eigenvalue weighted by Gasteiger charge is -2.23. The van der Waals surface area contributed by atoms with E-state index >= 15 is 0 Å². The van der Waals surface area contributed by atoms with Crippen LogP contribution in [0.25, 0.3) is 0 Å². The standard InChI is InChI=1S/C7H14N2OS/c1-10-5-6-3-2-4-9(6)7(8)11/h6H,2-5H2,1H3,(H2,8,11)/t6-/m0/s1. The number of likely N-dealkylation sites (tertiary alicyclic amines) is 1. The third-order valence-corrected chi connectivity index (χ3v) is 2.25. The number of nitrogens with two attached hydrogens (primary N) is 1. The number of nitrogens with zero attached hydrogens (tertiary/aromatic N) is 1. The average molecular weight is 174 g/mol. The van der Waals surface area contributed by atoms with Gasteiger partial charge in [-0.05, 0) is 25.1 Å². The number of thiocarbonyl (C=S) groups is 1. The summed E-state index contributed by atoms with van der Waals surface area (Å²) in [5.74, 6) is 0. The maximum Gasteiger partial charge on any atom is 0.166 e. The van der Waals surface area contributed by atoms with Gasteiger partial charge in [-0.1, -0.05) is 0 Å². The number of methoxy groups -OCH3 is 1. The van der Waals surface area contributed by atoms with Gasteiger partial charge in [-0.3, -0.25) is 0 Å². The van der Waals surface area contributed by atoms with E-state index in [2.05, 4.69) is 0 Å². The van der Waals surface area contributed by atoms with Gasteiger partial charge in [-0.25, -0.2) is 0 Å². The van der Waals surface area contributed by atoms with Crippen molar-refractivity contribution in [1.29, 1.82) is 0 Å². The molecule has 0 unspecified atom stereocenters. The van der Waals surface area contributed by atoms with Crippen LogP contribution in [0.1, 0.15) is 12.8 Å². The number of ether oxygens (including phenoxy) is 1. The van der Waals surface area contributed by atoms with Gasteiger partial charge in [0.1, 0.15) is 0 Å². The van der Waals surface area contributed by atoms with Crippen LogP contribution in [0.5, 0.6) is 0 Å². The first-order valence-corrected chi connectivity index (χ1v) is 4.21. The first kappa shape index (κ1) is 8.74. The van der Waals surface area contributed by atoms with Crippen LogP contribution in [0.2, 0.25) is 0 Å². The van der Waals surface area contributed by atoms with E-state index in [9.17, 15) is 0 Å². The molecule has 2 N–H and O–H groups in total. The number of hydrogen-bond donors (Lipinski definition) is 1. The van der Waals surface area contributed by atoms with Crippen LogP contribution in [0.4, 0.5) is 0 Å². The Morgan fingerprint density at radius 2 is 2.55 bits per heavy atom. The summed E-state index contributed by atoms with van der Waals surface area (Å²) in [5.41, 5.74) is 5.52. The van der Waals surface area contributed by atoms with E-state index in [4.69, 9.17) is 22.7 Å². The molecule has 0 spiro atoms. The van der Waals surface area contributed by atoms with Crippen LogP contribution in [0.3, 0.4) is 0 Å². The molecule has 1 heterocycles. The quantitative estimate of drug-likeness (QED) is 0.613. The van der Waals surface area contributed by atoms with E-state index in [0.29, 0.717) is 11.2 Å². The second-order valence-electron chi connectivity index (χ2n) is 2.78. The molecular formula is C7H14N2OS. The first-order valence-electron chi connectivity index (χ1n) is 3.80. The zero-order valence-corrected chi connectivity index (χ0v) is 7.56. The molecule has 0 aliphatic carbocycles. The van der Waals surface area contributed by atoms with Crippen molar-refractivity contribution in [3.05, 3.63) is 0 Å². The second kappa shape index (κ2) is 3.88. The molecule has 0 aromatic heterocycles. The molecule has 0 aromatic rings. The van der Waals surface area contributed by atoms with E-state index in [1.165, 1.54) is 6.42 Å². The second-order valence-corrected chi connectivity index (χ2v) is 3.20. The summed E-state index contributed by atoms with van der Waals surface area (Å²) in [6, 6.07) is 0.414. The SMILES string of the molecule is COC[C@@H]1CCCN1C(N)=S. The summed E-state index contributed by atoms with van der Waals surface area (Å²) in [7, 11) is 1.70. The van der Waals surface area contributed by atoms with Crippen LogP contribution >= 0.6 is 12.2 Å². The zero-order chi connectivity index (χ0) is 8.27. The Morgan fingerprint density at radius 1 is 1.82 bits per heavy atom. The van der Waals surface area contributed by atoms with Crippen LogP contribution in [-0.4, -0.2) is 36.3 Å². The van der Waals surface area contributed by atoms with Crippen molar-refractivity contribution in [3.63, 3.8) is 0 Å². The van der Waals surface area contributed by atoms with Gasteiger partial charge in [-0.2, -0.15) is 0 Å². The van der Waals surface area contributed by atoms with Crippen molar-refractivity contribution in [2.75, 3.05) is 20.3 Å². The van der Waals surface area contributed by atoms with E-state index in [-0.39, 0.29) is 0 Å². The number of hydrogen-bond acceptors (Lipinski definition) is 2. The molecule has 1 aliphatic rings. The lowest BCUT2D eigenvalue weighted by Crippen LogP contribution is -2.41. The predicted molar refractivity (Wildman–Crippen MR) is 48.4 cm³/mol. The summed E-state index contributed by atoms with van der Waals surface area (Å²) >= 11 is 4.89. The lowest BCUT2D eigenvalue weighted by molar-refractivity contribution is 0.146. The van der Waals surface area contributed by atoms with Gasteiger partial charge in [-0.15, -0.1) is 0 Å². The maximum absolute atomic E-state index is 5.52. The van der Waals surface area contributed by atoms with Crippen LogP contribution < -0.4 is 5.73 Å². The molecular weight excluding hydrogens is 160 g/mol. The monoisotopic (exact) mass is 174 g/mol. The van der Waals surface area contributed by atoms with Gasteiger partial charge in [0.05, 0.1) is 12.6 Å². The van der Waals surface area contributed by atoms with Gasteiger partial charge in [0.25, 0.3) is 0 Å². The van der Waals surface area contributed by atoms with Crippen molar-refractivity contribution >= 4 is 17.3 Å². The van der Waals surface area contributed by atoms with Crippen molar-refractivity contribution < 1.29 is 4.74 Å². The molecule has 3 nitrogen and oxygen atoms in total. The Kier molecular flexibility index (Phi) is 3.08. The minimum absolute atomic E-state index is 0.414. The molecule has 0 radical (unpaired) electrons. The Bertz CT molecular complexity index is 151. The minimum Gasteiger partial charge on any atom is -0.383 e. The van der Waals surface area contributed by atoms with E-state index in [1.54, 1.807) is 7.11 Å². The Labute approximate surface area is 72.5 Å². The van der Waals surface area contributed by atoms with Gasteiger partial charge >= 0.3 is 0 Å². The highest BCUT2D eigenvalue weighted by Gasteiger charge is 2.24. The average Bonchev–Trinajstić information content (AvgIpc) is 2.36. The van der Waals surface area contributed by atoms with Crippen LogP contribution in [-0.2, 0) is 4.74 Å². The fourth-order valence-electron chi connectivity index (χ4n) is 1.49. The molecule has 0 aromatic carbocycles. The smallest absolute Gasteiger partial charge is 0.166 e. The predicted octanol–water partition coefficient (Wildman–Crippen LogP) is 0.341. The summed E-state index contributed by atoms with van der Waals surface area (Å²) in [6.07, 6.45) is 2.32. The first-order chi connectivity index (χ1) is 5.25. The molecule has 0 amide bonds. The van der Waals surface area contributed by atoms with Gasteiger partial charge in [0, 0.05) is 13.7 Å². The van der Waals surface area contributed by atoms with E-state index in [0.717, 1.165) is 19.6 Å². The molecule has 1 fully saturated rings. The summed E-state index contributed by atoms with van der Waals surface area (Å²) in [6.45, 7) is 1.72. The van der Waals surface area contributed by atoms with E-state index < -0.39 is 0 Å². The third-order valence-electron chi connectivity index (χ3n) is 2.02. The van der Waals surface area contributed by atoms with Crippen molar-refractivity contribution in [2.45, 2.75) is 18.9 Å². The number of rotatable bonds is 2. The van der Waals surface area contributed by atoms with Crippen LogP contribution in [0.15, 0.2) is 0 Å². The molecule has 1 saturated heterocycles. The molecule has 1 aliphatic heterocycles. The fourth-order valence-corrected chi connectivity index (χ4v) is 1.73. The highest BCUT2D eigenvalue weighted by atomic mass is 32.1. The molecule has 0 saturated carbocycles. The largest absolute Gasteiger partial charge is 0.383 e. The molecule has 11 heavy (non-hydrogen) atoms. The maximum atomic E-state index is 5.52. The third kappa shape index (κ3) is 2.04. The summed E-state index contributed by atoms with van der Waals surface area (Å²) < 4.78 is 5.05. The Hall–Kier alpha value is -0.350. The molecule has 64 valence electrons. The van der Waals surface area contributed by atoms with Gasteiger partial charge < -0.3 is 15.4 Å². The fraction of sp³-hybridized carbons (Fsp3) is 0.857. The normalized spacial score (nSPS) is 24.1. The molecule has 1 rings (SSSR count). The summed E-state index contributed by atoms with van der Waals surface area (Å²) in [5, 5.41) is 0.504. The zero-order valence-electron chi connectivity index (χ0n) is 6.75. The topological polar surface area (TPSA) is 38.5 Å². The highest BCUT2D eigenvalue weighted by Crippen LogP contribution is 2.16. The van der Waals surface area contributed by atoms with Crippen LogP contribution in [0, 0.1) is 0 Å². The van der Waals surface area contributed by atoms with Crippen molar-refractivity contribution in [3.8, 4) is 0 Å². The molecule has 1 atom stereocenters. The van der Waals surface area contributed by atoms with Gasteiger partial charge in [0.15, 0.2) is 5.11 Å². The van der Waals surface area contributed by atoms with Gasteiger partial charge in [0.2, 0.25) is 0 Å². The summed E-state index contributed by atoms with van der Waals surface area (Å²) in [4.78, 5) is 2.04. The lowest BCUT2D eigenvalue weighted by atomic mass is 10.2. The van der Waals surface area contributed by atoms with E-state index in [1.807, 2.05) is 4.90 Å². The molecule has 0 bridgehead atoms. The van der Waals surface area contributed by atoms with Crippen molar-refractivity contribution in [2.24, 2.45) is 5.73 Å². The Morgan fingerprint density at radius 3 is 3.09 bits per heavy atom. The molecule has 4 heteroatoms. The highest BCUT2D eigenvalue weighted by molar-refractivity contribution is 7.80. The minimum atomic E-state index is 0.414. The Balaban J connectivity index is 2.44. The van der Waals surface area contributed by atoms with Crippen molar-refractivity contribution in [1.82, 2.24) is 4.90 Å².